The van der Waals surface area contributed by atoms with E-state index in [2.05, 4.69) is 199 Å². The summed E-state index contributed by atoms with van der Waals surface area (Å²) < 4.78 is 16.0. The van der Waals surface area contributed by atoms with Crippen molar-refractivity contribution in [3.63, 3.8) is 0 Å². The summed E-state index contributed by atoms with van der Waals surface area (Å²) >= 11 is 1.84. The Balaban J connectivity index is 1.01. The highest BCUT2D eigenvalue weighted by Crippen LogP contribution is 2.46. The Morgan fingerprint density at radius 1 is 0.328 bits per heavy atom. The van der Waals surface area contributed by atoms with Gasteiger partial charge in [0.05, 0.1) is 5.69 Å². The normalized spacial score (nSPS) is 11.8. The topological polar surface area (TPSA) is 29.5 Å². The molecule has 0 saturated carbocycles. The van der Waals surface area contributed by atoms with Crippen molar-refractivity contribution >= 4 is 92.4 Å². The number of nitrogens with zero attached hydrogens (tertiary/aromatic N) is 1. The number of thiophene rings is 1. The van der Waals surface area contributed by atoms with E-state index in [0.717, 1.165) is 94.3 Å². The van der Waals surface area contributed by atoms with E-state index in [0.29, 0.717) is 0 Å². The molecule has 0 aliphatic heterocycles. The number of benzene rings is 9. The lowest BCUT2D eigenvalue weighted by Gasteiger charge is -2.26. The maximum absolute atomic E-state index is 6.99. The summed E-state index contributed by atoms with van der Waals surface area (Å²) in [6.45, 7) is 0. The predicted octanol–water partition coefficient (Wildman–Crippen LogP) is 16.3. The van der Waals surface area contributed by atoms with Crippen molar-refractivity contribution in [3.05, 3.63) is 200 Å². The van der Waals surface area contributed by atoms with Crippen molar-refractivity contribution in [2.45, 2.75) is 0 Å². The summed E-state index contributed by atoms with van der Waals surface area (Å²) in [5, 5.41) is 6.94. The van der Waals surface area contributed by atoms with Crippen LogP contribution in [-0.4, -0.2) is 0 Å². The lowest BCUT2D eigenvalue weighted by Crippen LogP contribution is -2.10. The molecular weight excluding hydrogens is 727 g/mol. The van der Waals surface area contributed by atoms with Gasteiger partial charge in [-0.3, -0.25) is 0 Å². The summed E-state index contributed by atoms with van der Waals surface area (Å²) in [7, 11) is 0. The lowest BCUT2D eigenvalue weighted by atomic mass is 10.00. The molecule has 0 N–H and O–H groups in total. The minimum absolute atomic E-state index is 0.854. The molecule has 9 aromatic carbocycles. The lowest BCUT2D eigenvalue weighted by molar-refractivity contribution is 0.670. The van der Waals surface area contributed by atoms with Crippen LogP contribution in [0.5, 0.6) is 0 Å². The molecule has 0 aliphatic rings. The zero-order valence-electron chi connectivity index (χ0n) is 31.2. The standard InChI is InChI=1S/C54H33NO2S/c1-3-12-35(13-4-1)40-17-10-20-45-46-32-37(26-30-49(46)56-52(40)45)34-24-27-38(28-25-34)55(39-29-31-51-47(33-39)42-16-7-8-23-50(42)58-51)48-22-11-21-44-43-19-9-18-41(53(43)57-54(44)48)36-14-5-2-6-15-36/h1-33H. The summed E-state index contributed by atoms with van der Waals surface area (Å²) in [6, 6.07) is 71.3. The molecule has 0 bridgehead atoms. The van der Waals surface area contributed by atoms with E-state index >= 15 is 0 Å². The minimum atomic E-state index is 0.854. The number of fused-ring (bicyclic) bond motifs is 9. The van der Waals surface area contributed by atoms with Gasteiger partial charge in [0.25, 0.3) is 0 Å². The largest absolute Gasteiger partial charge is 0.455 e. The highest BCUT2D eigenvalue weighted by atomic mass is 32.1. The summed E-state index contributed by atoms with van der Waals surface area (Å²) in [5.74, 6) is 0. The Hall–Kier alpha value is -7.40. The zero-order chi connectivity index (χ0) is 38.2. The predicted molar refractivity (Wildman–Crippen MR) is 245 cm³/mol. The highest BCUT2D eigenvalue weighted by Gasteiger charge is 2.22. The van der Waals surface area contributed by atoms with Crippen molar-refractivity contribution in [2.24, 2.45) is 0 Å². The van der Waals surface area contributed by atoms with E-state index in [1.165, 1.54) is 20.2 Å². The zero-order valence-corrected chi connectivity index (χ0v) is 32.0. The average Bonchev–Trinajstić information content (AvgIpc) is 3.99. The second-order valence-corrected chi connectivity index (χ2v) is 15.9. The molecule has 3 heterocycles. The maximum atomic E-state index is 6.99. The molecule has 0 amide bonds. The highest BCUT2D eigenvalue weighted by molar-refractivity contribution is 7.25. The van der Waals surface area contributed by atoms with Crippen LogP contribution >= 0.6 is 11.3 Å². The molecule has 0 spiro atoms. The van der Waals surface area contributed by atoms with Gasteiger partial charge in [0.15, 0.2) is 5.58 Å². The monoisotopic (exact) mass is 759 g/mol. The first-order chi connectivity index (χ1) is 28.7. The van der Waals surface area contributed by atoms with E-state index < -0.39 is 0 Å². The van der Waals surface area contributed by atoms with Crippen LogP contribution in [0.1, 0.15) is 0 Å². The van der Waals surface area contributed by atoms with Crippen molar-refractivity contribution < 1.29 is 8.83 Å². The SMILES string of the molecule is c1ccc(-c2cccc3c2oc2ccc(-c4ccc(N(c5ccc6sc7ccccc7c6c5)c5cccc6c5oc5c(-c7ccccc7)cccc56)cc4)cc23)cc1. The molecule has 58 heavy (non-hydrogen) atoms. The summed E-state index contributed by atoms with van der Waals surface area (Å²) in [6.07, 6.45) is 0. The van der Waals surface area contributed by atoms with Crippen LogP contribution in [-0.2, 0) is 0 Å². The first-order valence-electron chi connectivity index (χ1n) is 19.6. The van der Waals surface area contributed by atoms with Crippen molar-refractivity contribution in [3.8, 4) is 33.4 Å². The van der Waals surface area contributed by atoms with Gasteiger partial charge in [-0.1, -0.05) is 146 Å². The van der Waals surface area contributed by atoms with Gasteiger partial charge in [-0.15, -0.1) is 11.3 Å². The third-order valence-electron chi connectivity index (χ3n) is 11.5. The van der Waals surface area contributed by atoms with E-state index in [-0.39, 0.29) is 0 Å². The fourth-order valence-corrected chi connectivity index (χ4v) is 9.82. The Bertz CT molecular complexity index is 3500. The van der Waals surface area contributed by atoms with Gasteiger partial charge < -0.3 is 13.7 Å². The summed E-state index contributed by atoms with van der Waals surface area (Å²) in [5.41, 5.74) is 13.4. The first-order valence-corrected chi connectivity index (χ1v) is 20.4. The molecular formula is C54H33NO2S. The number of hydrogen-bond acceptors (Lipinski definition) is 4. The smallest absolute Gasteiger partial charge is 0.159 e. The Morgan fingerprint density at radius 3 is 1.64 bits per heavy atom. The number of anilines is 3. The molecule has 12 rings (SSSR count). The molecule has 12 aromatic rings. The Kier molecular flexibility index (Phi) is 7.40. The van der Waals surface area contributed by atoms with Gasteiger partial charge in [-0.2, -0.15) is 0 Å². The van der Waals surface area contributed by atoms with Crippen molar-refractivity contribution in [2.75, 3.05) is 4.90 Å². The molecule has 0 atom stereocenters. The van der Waals surface area contributed by atoms with Crippen LogP contribution in [0.2, 0.25) is 0 Å². The number of hydrogen-bond donors (Lipinski definition) is 0. The van der Waals surface area contributed by atoms with Gasteiger partial charge in [0.1, 0.15) is 16.7 Å². The second-order valence-electron chi connectivity index (χ2n) is 14.8. The van der Waals surface area contributed by atoms with Gasteiger partial charge in [-0.05, 0) is 76.9 Å². The molecule has 3 nitrogen and oxygen atoms in total. The number of rotatable bonds is 6. The molecule has 0 unspecified atom stereocenters. The Morgan fingerprint density at radius 2 is 0.897 bits per heavy atom. The fourth-order valence-electron chi connectivity index (χ4n) is 8.73. The van der Waals surface area contributed by atoms with Crippen molar-refractivity contribution in [1.29, 1.82) is 0 Å². The molecule has 0 fully saturated rings. The van der Waals surface area contributed by atoms with E-state index in [1.54, 1.807) is 0 Å². The third-order valence-corrected chi connectivity index (χ3v) is 12.6. The average molecular weight is 760 g/mol. The molecule has 0 saturated heterocycles. The van der Waals surface area contributed by atoms with Gasteiger partial charge in [0, 0.05) is 64.2 Å². The Labute approximate surface area is 338 Å². The van der Waals surface area contributed by atoms with Crippen LogP contribution in [0.3, 0.4) is 0 Å². The first kappa shape index (κ1) is 32.8. The van der Waals surface area contributed by atoms with E-state index in [9.17, 15) is 0 Å². The summed E-state index contributed by atoms with van der Waals surface area (Å²) in [4.78, 5) is 2.35. The molecule has 3 aromatic heterocycles. The fraction of sp³-hybridized carbons (Fsp3) is 0. The van der Waals surface area contributed by atoms with Gasteiger partial charge in [-0.25, -0.2) is 0 Å². The number of para-hydroxylation sites is 3. The molecule has 4 heteroatoms. The minimum Gasteiger partial charge on any atom is -0.455 e. The van der Waals surface area contributed by atoms with E-state index in [4.69, 9.17) is 8.83 Å². The van der Waals surface area contributed by atoms with Crippen LogP contribution in [0.4, 0.5) is 17.1 Å². The van der Waals surface area contributed by atoms with Gasteiger partial charge >= 0.3 is 0 Å². The molecule has 0 aliphatic carbocycles. The quantitative estimate of drug-likeness (QED) is 0.169. The van der Waals surface area contributed by atoms with E-state index in [1.807, 2.05) is 17.4 Å². The third kappa shape index (κ3) is 5.19. The van der Waals surface area contributed by atoms with Crippen LogP contribution < -0.4 is 4.90 Å². The van der Waals surface area contributed by atoms with Crippen LogP contribution in [0.15, 0.2) is 209 Å². The van der Waals surface area contributed by atoms with Crippen LogP contribution in [0.25, 0.3) is 97.4 Å². The van der Waals surface area contributed by atoms with Crippen LogP contribution in [0, 0.1) is 0 Å². The number of furan rings is 2. The van der Waals surface area contributed by atoms with Gasteiger partial charge in [0.2, 0.25) is 0 Å². The maximum Gasteiger partial charge on any atom is 0.159 e. The second kappa shape index (κ2) is 13.1. The van der Waals surface area contributed by atoms with Crippen molar-refractivity contribution in [1.82, 2.24) is 0 Å². The molecule has 0 radical (unpaired) electrons. The molecule has 272 valence electrons.